The maximum atomic E-state index is 11.9. The fourth-order valence-electron chi connectivity index (χ4n) is 1.46. The van der Waals surface area contributed by atoms with Crippen LogP contribution in [-0.2, 0) is 0 Å². The van der Waals surface area contributed by atoms with Crippen LogP contribution in [0.5, 0.6) is 5.75 Å². The van der Waals surface area contributed by atoms with E-state index in [1.54, 1.807) is 10.8 Å². The second-order valence-electron chi connectivity index (χ2n) is 3.41. The predicted molar refractivity (Wildman–Crippen MR) is 84.1 cm³/mol. The minimum Gasteiger partial charge on any atom is -0.497 e. The first-order valence-electron chi connectivity index (χ1n) is 5.32. The van der Waals surface area contributed by atoms with Crippen molar-refractivity contribution in [3.8, 4) is 5.75 Å². The van der Waals surface area contributed by atoms with E-state index in [1.807, 2.05) is 30.7 Å². The Kier molecular flexibility index (Phi) is 4.78. The number of amides is 2. The maximum absolute atomic E-state index is 11.9. The highest BCUT2D eigenvalue weighted by molar-refractivity contribution is 8.12. The zero-order valence-electron chi connectivity index (χ0n) is 10.7. The molecular weight excluding hydrogens is 302 g/mol. The summed E-state index contributed by atoms with van der Waals surface area (Å²) >= 11 is 4.13. The molecule has 19 heavy (non-hydrogen) atoms. The van der Waals surface area contributed by atoms with Crippen molar-refractivity contribution in [3.63, 3.8) is 0 Å². The Morgan fingerprint density at radius 2 is 2.16 bits per heavy atom. The van der Waals surface area contributed by atoms with Gasteiger partial charge in [0.2, 0.25) is 0 Å². The van der Waals surface area contributed by atoms with Gasteiger partial charge in [0, 0.05) is 12.5 Å². The van der Waals surface area contributed by atoms with Crippen LogP contribution in [0.15, 0.2) is 18.2 Å². The number of rotatable bonds is 4. The van der Waals surface area contributed by atoms with Gasteiger partial charge in [-0.15, -0.1) is 0 Å². The molecule has 0 radical (unpaired) electrons. The molecule has 1 aromatic carbocycles. The van der Waals surface area contributed by atoms with Crippen LogP contribution in [0.4, 0.5) is 9.93 Å². The zero-order valence-corrected chi connectivity index (χ0v) is 13.1. The molecule has 2 aromatic rings. The van der Waals surface area contributed by atoms with Crippen molar-refractivity contribution in [2.45, 2.75) is 0 Å². The molecule has 0 aliphatic rings. The summed E-state index contributed by atoms with van der Waals surface area (Å²) in [6.45, 7) is 0. The van der Waals surface area contributed by atoms with Crippen molar-refractivity contribution in [2.75, 3.05) is 24.9 Å². The molecular formula is C11H13N3O2S3. The first-order chi connectivity index (χ1) is 9.17. The van der Waals surface area contributed by atoms with Gasteiger partial charge in [0.15, 0.2) is 5.13 Å². The Morgan fingerprint density at radius 3 is 2.79 bits per heavy atom. The molecule has 1 N–H and O–H groups in total. The van der Waals surface area contributed by atoms with E-state index >= 15 is 0 Å². The third-order valence-corrected chi connectivity index (χ3v) is 5.13. The Hall–Kier alpha value is -1.12. The number of ether oxygens (including phenoxy) is 1. The smallest absolute Gasteiger partial charge is 0.344 e. The average Bonchev–Trinajstić information content (AvgIpc) is 2.80. The molecule has 1 aromatic heterocycles. The molecule has 0 fully saturated rings. The SMILES string of the molecule is COc1ccc2nc(NC(=O)N(SC)SC)sc2c1. The normalized spacial score (nSPS) is 10.5. The van der Waals surface area contributed by atoms with Gasteiger partial charge in [0.05, 0.1) is 17.3 Å². The number of hydrogen-bond donors (Lipinski definition) is 1. The molecule has 0 aliphatic heterocycles. The second-order valence-corrected chi connectivity index (χ2v) is 6.13. The lowest BCUT2D eigenvalue weighted by atomic mass is 10.3. The first kappa shape index (κ1) is 14.3. The van der Waals surface area contributed by atoms with E-state index in [4.69, 9.17) is 4.74 Å². The molecule has 2 rings (SSSR count). The van der Waals surface area contributed by atoms with Crippen LogP contribution in [0, 0.1) is 0 Å². The molecule has 0 unspecified atom stereocenters. The highest BCUT2D eigenvalue weighted by atomic mass is 32.2. The molecule has 1 heterocycles. The fourth-order valence-corrected chi connectivity index (χ4v) is 3.37. The van der Waals surface area contributed by atoms with Crippen LogP contribution in [0.2, 0.25) is 0 Å². The molecule has 5 nitrogen and oxygen atoms in total. The van der Waals surface area contributed by atoms with Gasteiger partial charge in [-0.05, 0) is 42.1 Å². The number of methoxy groups -OCH3 is 1. The van der Waals surface area contributed by atoms with Crippen molar-refractivity contribution in [2.24, 2.45) is 0 Å². The van der Waals surface area contributed by atoms with Crippen LogP contribution in [0.1, 0.15) is 0 Å². The number of thiazole rings is 1. The van der Waals surface area contributed by atoms with Gasteiger partial charge in [-0.2, -0.15) is 0 Å². The number of benzene rings is 1. The van der Waals surface area contributed by atoms with E-state index in [2.05, 4.69) is 10.3 Å². The van der Waals surface area contributed by atoms with Gasteiger partial charge in [-0.1, -0.05) is 11.3 Å². The first-order valence-corrected chi connectivity index (χ1v) is 8.50. The summed E-state index contributed by atoms with van der Waals surface area (Å²) < 4.78 is 7.69. The van der Waals surface area contributed by atoms with Crippen LogP contribution in [-0.4, -0.2) is 34.3 Å². The van der Waals surface area contributed by atoms with Crippen molar-refractivity contribution >= 4 is 56.6 Å². The summed E-state index contributed by atoms with van der Waals surface area (Å²) in [7, 11) is 1.62. The van der Waals surface area contributed by atoms with Crippen molar-refractivity contribution in [1.82, 2.24) is 8.69 Å². The van der Waals surface area contributed by atoms with E-state index in [0.717, 1.165) is 16.0 Å². The summed E-state index contributed by atoms with van der Waals surface area (Å²) in [5.74, 6) is 0.781. The number of anilines is 1. The summed E-state index contributed by atoms with van der Waals surface area (Å²) in [5.41, 5.74) is 0.848. The Labute approximate surface area is 124 Å². The summed E-state index contributed by atoms with van der Waals surface area (Å²) in [6.07, 6.45) is 3.69. The molecule has 0 atom stereocenters. The topological polar surface area (TPSA) is 54.5 Å². The number of carbonyl (C=O) groups is 1. The monoisotopic (exact) mass is 315 g/mol. The summed E-state index contributed by atoms with van der Waals surface area (Å²) in [6, 6.07) is 5.44. The highest BCUT2D eigenvalue weighted by Crippen LogP contribution is 2.30. The lowest BCUT2D eigenvalue weighted by Gasteiger charge is -2.14. The standard InChI is InChI=1S/C11H13N3O2S3/c1-16-7-4-5-8-9(6-7)19-10(12-8)13-11(15)14(17-2)18-3/h4-6H,1-3H3,(H,12,13,15). The number of urea groups is 1. The highest BCUT2D eigenvalue weighted by Gasteiger charge is 2.14. The van der Waals surface area contributed by atoms with Gasteiger partial charge < -0.3 is 4.74 Å². The molecule has 8 heteroatoms. The van der Waals surface area contributed by atoms with Gasteiger partial charge in [0.1, 0.15) is 5.75 Å². The summed E-state index contributed by atoms with van der Waals surface area (Å²) in [5, 5.41) is 3.37. The fraction of sp³-hybridized carbons (Fsp3) is 0.273. The number of aromatic nitrogens is 1. The molecule has 0 saturated carbocycles. The maximum Gasteiger partial charge on any atom is 0.344 e. The van der Waals surface area contributed by atoms with Crippen LogP contribution < -0.4 is 10.1 Å². The summed E-state index contributed by atoms with van der Waals surface area (Å²) in [4.78, 5) is 16.3. The third kappa shape index (κ3) is 3.26. The van der Waals surface area contributed by atoms with Crippen LogP contribution in [0.25, 0.3) is 10.2 Å². The van der Waals surface area contributed by atoms with E-state index in [1.165, 1.54) is 35.2 Å². The number of nitrogens with one attached hydrogen (secondary N) is 1. The Bertz CT molecular complexity index is 584. The van der Waals surface area contributed by atoms with Crippen LogP contribution >= 0.6 is 35.2 Å². The molecule has 0 aliphatic carbocycles. The van der Waals surface area contributed by atoms with Crippen molar-refractivity contribution in [1.29, 1.82) is 0 Å². The minimum absolute atomic E-state index is 0.189. The second kappa shape index (κ2) is 6.36. The minimum atomic E-state index is -0.189. The molecule has 2 amide bonds. The van der Waals surface area contributed by atoms with Crippen molar-refractivity contribution in [3.05, 3.63) is 18.2 Å². The Balaban J connectivity index is 2.19. The van der Waals surface area contributed by atoms with E-state index < -0.39 is 0 Å². The van der Waals surface area contributed by atoms with E-state index in [0.29, 0.717) is 5.13 Å². The van der Waals surface area contributed by atoms with E-state index in [9.17, 15) is 4.79 Å². The van der Waals surface area contributed by atoms with Gasteiger partial charge in [0.25, 0.3) is 0 Å². The molecule has 0 saturated heterocycles. The molecule has 102 valence electrons. The molecule has 0 spiro atoms. The van der Waals surface area contributed by atoms with Crippen LogP contribution in [0.3, 0.4) is 0 Å². The van der Waals surface area contributed by atoms with Gasteiger partial charge >= 0.3 is 6.03 Å². The lowest BCUT2D eigenvalue weighted by molar-refractivity contribution is 0.250. The average molecular weight is 315 g/mol. The molecule has 0 bridgehead atoms. The number of fused-ring (bicyclic) bond motifs is 1. The Morgan fingerprint density at radius 1 is 1.42 bits per heavy atom. The largest absolute Gasteiger partial charge is 0.497 e. The zero-order chi connectivity index (χ0) is 13.8. The third-order valence-electron chi connectivity index (χ3n) is 2.31. The van der Waals surface area contributed by atoms with Gasteiger partial charge in [-0.3, -0.25) is 5.32 Å². The van der Waals surface area contributed by atoms with E-state index in [-0.39, 0.29) is 6.03 Å². The van der Waals surface area contributed by atoms with Crippen molar-refractivity contribution < 1.29 is 9.53 Å². The van der Waals surface area contributed by atoms with Gasteiger partial charge in [-0.25, -0.2) is 13.5 Å². The quantitative estimate of drug-likeness (QED) is 0.872. The number of hydrogen-bond acceptors (Lipinski definition) is 6. The predicted octanol–water partition coefficient (Wildman–Crippen LogP) is 3.69. The lowest BCUT2D eigenvalue weighted by Crippen LogP contribution is -2.22. The number of nitrogens with zero attached hydrogens (tertiary/aromatic N) is 2. The number of carbonyl (C=O) groups excluding carboxylic acids is 1.